The maximum absolute atomic E-state index is 11.2. The molecule has 0 saturated carbocycles. The summed E-state index contributed by atoms with van der Waals surface area (Å²) in [6, 6.07) is 1.15. The summed E-state index contributed by atoms with van der Waals surface area (Å²) >= 11 is 0. The predicted octanol–water partition coefficient (Wildman–Crippen LogP) is 0.536. The summed E-state index contributed by atoms with van der Waals surface area (Å²) in [7, 11) is 1.39. The summed E-state index contributed by atoms with van der Waals surface area (Å²) in [4.78, 5) is 11.2. The molecule has 0 unspecified atom stereocenters. The summed E-state index contributed by atoms with van der Waals surface area (Å²) in [6.45, 7) is 1.09. The standard InChI is InChI=1S/C11H14O5/c1-3-7(5-12)11-8(6-13)9(15-2)4-10(14)16-11/h3-4,12-13H,5-6H2,1-2H3/b7-3-. The molecule has 0 aliphatic carbocycles. The molecule has 5 nitrogen and oxygen atoms in total. The Balaban J connectivity index is 3.47. The average molecular weight is 226 g/mol. The Morgan fingerprint density at radius 1 is 1.56 bits per heavy atom. The molecule has 0 amide bonds. The van der Waals surface area contributed by atoms with Crippen molar-refractivity contribution >= 4 is 5.57 Å². The zero-order valence-corrected chi connectivity index (χ0v) is 9.19. The maximum Gasteiger partial charge on any atom is 0.339 e. The Hall–Kier alpha value is -1.59. The highest BCUT2D eigenvalue weighted by atomic mass is 16.5. The van der Waals surface area contributed by atoms with E-state index >= 15 is 0 Å². The summed E-state index contributed by atoms with van der Waals surface area (Å²) in [5.74, 6) is 0.415. The van der Waals surface area contributed by atoms with Crippen molar-refractivity contribution in [3.8, 4) is 5.75 Å². The van der Waals surface area contributed by atoms with E-state index in [0.717, 1.165) is 6.07 Å². The number of methoxy groups -OCH3 is 1. The van der Waals surface area contributed by atoms with Crippen molar-refractivity contribution in [2.45, 2.75) is 13.5 Å². The van der Waals surface area contributed by atoms with Crippen LogP contribution >= 0.6 is 0 Å². The first kappa shape index (κ1) is 12.5. The molecule has 0 aromatic carbocycles. The van der Waals surface area contributed by atoms with Gasteiger partial charge >= 0.3 is 5.63 Å². The summed E-state index contributed by atoms with van der Waals surface area (Å²) in [6.07, 6.45) is 1.61. The fourth-order valence-electron chi connectivity index (χ4n) is 1.38. The molecule has 1 aromatic rings. The number of ether oxygens (including phenoxy) is 1. The van der Waals surface area contributed by atoms with Crippen LogP contribution in [-0.2, 0) is 6.61 Å². The molecule has 2 N–H and O–H groups in total. The van der Waals surface area contributed by atoms with Gasteiger partial charge in [0.2, 0.25) is 0 Å². The lowest BCUT2D eigenvalue weighted by atomic mass is 10.1. The normalized spacial score (nSPS) is 11.6. The number of rotatable bonds is 4. The van der Waals surface area contributed by atoms with Gasteiger partial charge in [-0.3, -0.25) is 0 Å². The van der Waals surface area contributed by atoms with Crippen LogP contribution in [0.5, 0.6) is 5.75 Å². The van der Waals surface area contributed by atoms with Gasteiger partial charge in [0.1, 0.15) is 11.5 Å². The Morgan fingerprint density at radius 3 is 2.69 bits per heavy atom. The molecule has 0 aliphatic rings. The molecule has 0 spiro atoms. The lowest BCUT2D eigenvalue weighted by Gasteiger charge is -2.10. The minimum absolute atomic E-state index is 0.164. The van der Waals surface area contributed by atoms with Crippen molar-refractivity contribution in [2.24, 2.45) is 0 Å². The van der Waals surface area contributed by atoms with Crippen LogP contribution in [-0.4, -0.2) is 23.9 Å². The highest BCUT2D eigenvalue weighted by Gasteiger charge is 2.15. The fourth-order valence-corrected chi connectivity index (χ4v) is 1.38. The van der Waals surface area contributed by atoms with Gasteiger partial charge in [-0.05, 0) is 6.92 Å². The molecule has 16 heavy (non-hydrogen) atoms. The zero-order valence-electron chi connectivity index (χ0n) is 9.19. The second-order valence-corrected chi connectivity index (χ2v) is 3.07. The van der Waals surface area contributed by atoms with Crippen LogP contribution in [0.1, 0.15) is 18.2 Å². The smallest absolute Gasteiger partial charge is 0.339 e. The topological polar surface area (TPSA) is 79.9 Å². The van der Waals surface area contributed by atoms with Crippen LogP contribution in [0.2, 0.25) is 0 Å². The SMILES string of the molecule is C/C=C(/CO)c1oc(=O)cc(OC)c1CO. The number of hydrogen-bond acceptors (Lipinski definition) is 5. The Morgan fingerprint density at radius 2 is 2.25 bits per heavy atom. The highest BCUT2D eigenvalue weighted by Crippen LogP contribution is 2.25. The van der Waals surface area contributed by atoms with Gasteiger partial charge in [-0.2, -0.15) is 0 Å². The fraction of sp³-hybridized carbons (Fsp3) is 0.364. The first-order valence-corrected chi connectivity index (χ1v) is 4.76. The van der Waals surface area contributed by atoms with E-state index in [4.69, 9.17) is 14.3 Å². The third-order valence-corrected chi connectivity index (χ3v) is 2.21. The quantitative estimate of drug-likeness (QED) is 0.783. The number of aliphatic hydroxyl groups is 2. The molecular weight excluding hydrogens is 212 g/mol. The monoisotopic (exact) mass is 226 g/mol. The number of allylic oxidation sites excluding steroid dienone is 1. The van der Waals surface area contributed by atoms with E-state index < -0.39 is 5.63 Å². The van der Waals surface area contributed by atoms with Gasteiger partial charge in [0, 0.05) is 5.57 Å². The van der Waals surface area contributed by atoms with Crippen molar-refractivity contribution in [1.82, 2.24) is 0 Å². The molecule has 0 radical (unpaired) electrons. The Labute approximate surface area is 92.6 Å². The van der Waals surface area contributed by atoms with E-state index in [9.17, 15) is 9.90 Å². The van der Waals surface area contributed by atoms with Crippen LogP contribution < -0.4 is 10.4 Å². The third-order valence-electron chi connectivity index (χ3n) is 2.21. The van der Waals surface area contributed by atoms with E-state index in [2.05, 4.69) is 0 Å². The van der Waals surface area contributed by atoms with Crippen LogP contribution in [0.4, 0.5) is 0 Å². The second kappa shape index (κ2) is 5.48. The van der Waals surface area contributed by atoms with Crippen LogP contribution in [0.3, 0.4) is 0 Å². The first-order valence-electron chi connectivity index (χ1n) is 4.76. The molecule has 88 valence electrons. The van der Waals surface area contributed by atoms with Gasteiger partial charge < -0.3 is 19.4 Å². The van der Waals surface area contributed by atoms with Gasteiger partial charge in [0.15, 0.2) is 0 Å². The molecule has 0 fully saturated rings. The van der Waals surface area contributed by atoms with Gasteiger partial charge in [0.05, 0.1) is 32.0 Å². The lowest BCUT2D eigenvalue weighted by Crippen LogP contribution is -2.08. The van der Waals surface area contributed by atoms with Crippen LogP contribution in [0, 0.1) is 0 Å². The summed E-state index contributed by atoms with van der Waals surface area (Å²) < 4.78 is 9.93. The van der Waals surface area contributed by atoms with Crippen molar-refractivity contribution in [2.75, 3.05) is 13.7 Å². The van der Waals surface area contributed by atoms with Crippen molar-refractivity contribution in [1.29, 1.82) is 0 Å². The maximum atomic E-state index is 11.2. The van der Waals surface area contributed by atoms with Crippen LogP contribution in [0.25, 0.3) is 5.57 Å². The molecule has 1 rings (SSSR count). The minimum atomic E-state index is -0.586. The van der Waals surface area contributed by atoms with Crippen molar-refractivity contribution in [3.05, 3.63) is 33.9 Å². The molecule has 0 bridgehead atoms. The minimum Gasteiger partial charge on any atom is -0.496 e. The predicted molar refractivity (Wildman–Crippen MR) is 58.2 cm³/mol. The molecule has 0 atom stereocenters. The Bertz CT molecular complexity index is 444. The summed E-state index contributed by atoms with van der Waals surface area (Å²) in [5, 5.41) is 18.3. The third kappa shape index (κ3) is 2.32. The molecular formula is C11H14O5. The average Bonchev–Trinajstić information content (AvgIpc) is 2.30. The van der Waals surface area contributed by atoms with E-state index in [1.165, 1.54) is 7.11 Å². The van der Waals surface area contributed by atoms with Gasteiger partial charge in [-0.15, -0.1) is 0 Å². The molecule has 5 heteroatoms. The van der Waals surface area contributed by atoms with E-state index in [1.807, 2.05) is 0 Å². The van der Waals surface area contributed by atoms with Gasteiger partial charge in [-0.1, -0.05) is 6.08 Å². The van der Waals surface area contributed by atoms with E-state index in [0.29, 0.717) is 11.1 Å². The largest absolute Gasteiger partial charge is 0.496 e. The van der Waals surface area contributed by atoms with Gasteiger partial charge in [0.25, 0.3) is 0 Å². The first-order chi connectivity index (χ1) is 7.67. The molecule has 0 aliphatic heterocycles. The lowest BCUT2D eigenvalue weighted by molar-refractivity contribution is 0.265. The van der Waals surface area contributed by atoms with E-state index in [-0.39, 0.29) is 24.7 Å². The number of aliphatic hydroxyl groups excluding tert-OH is 2. The molecule has 0 saturated heterocycles. The highest BCUT2D eigenvalue weighted by molar-refractivity contribution is 5.65. The zero-order chi connectivity index (χ0) is 12.1. The second-order valence-electron chi connectivity index (χ2n) is 3.07. The van der Waals surface area contributed by atoms with E-state index in [1.54, 1.807) is 13.0 Å². The van der Waals surface area contributed by atoms with Crippen LogP contribution in [0.15, 0.2) is 21.4 Å². The Kier molecular flexibility index (Phi) is 4.28. The van der Waals surface area contributed by atoms with Crippen molar-refractivity contribution < 1.29 is 19.4 Å². The summed E-state index contributed by atoms with van der Waals surface area (Å²) in [5.41, 5.74) is 0.196. The number of hydrogen-bond donors (Lipinski definition) is 2. The van der Waals surface area contributed by atoms with Gasteiger partial charge in [-0.25, -0.2) is 4.79 Å². The van der Waals surface area contributed by atoms with Crippen molar-refractivity contribution in [3.63, 3.8) is 0 Å². The molecule has 1 heterocycles. The molecule has 1 aromatic heterocycles.